The molecule has 0 unspecified atom stereocenters. The lowest BCUT2D eigenvalue weighted by Crippen LogP contribution is -2.33. The molecule has 2 aromatic rings. The smallest absolute Gasteiger partial charge is 0.243 e. The number of hydrogen-bond donors (Lipinski definition) is 2. The number of nitrogen functional groups attached to an aromatic ring is 1. The van der Waals surface area contributed by atoms with E-state index in [1.54, 1.807) is 18.2 Å². The van der Waals surface area contributed by atoms with E-state index in [9.17, 15) is 4.79 Å². The number of carbonyl (C=O) groups excluding carboxylic acids is 1. The van der Waals surface area contributed by atoms with Crippen LogP contribution in [0, 0.1) is 6.92 Å². The second kappa shape index (κ2) is 7.18. The minimum Gasteiger partial charge on any atom is -0.397 e. The molecule has 0 radical (unpaired) electrons. The van der Waals surface area contributed by atoms with Crippen LogP contribution in [0.15, 0.2) is 42.5 Å². The number of halogens is 1. The molecule has 116 valence electrons. The zero-order valence-corrected chi connectivity index (χ0v) is 13.5. The van der Waals surface area contributed by atoms with Gasteiger partial charge in [0.1, 0.15) is 0 Å². The second-order valence-corrected chi connectivity index (χ2v) is 5.54. The number of hydrogen-bond acceptors (Lipinski definition) is 3. The van der Waals surface area contributed by atoms with Gasteiger partial charge in [0.25, 0.3) is 0 Å². The number of carbonyl (C=O) groups is 1. The Labute approximate surface area is 135 Å². The Bertz CT molecular complexity index is 673. The van der Waals surface area contributed by atoms with E-state index in [4.69, 9.17) is 17.3 Å². The summed E-state index contributed by atoms with van der Waals surface area (Å²) < 4.78 is 0. The topological polar surface area (TPSA) is 58.4 Å². The fraction of sp³-hybridized carbons (Fsp3) is 0.235. The molecule has 0 aliphatic carbocycles. The normalized spacial score (nSPS) is 10.3. The lowest BCUT2D eigenvalue weighted by atomic mass is 10.2. The van der Waals surface area contributed by atoms with E-state index in [-0.39, 0.29) is 12.5 Å². The zero-order valence-electron chi connectivity index (χ0n) is 12.8. The van der Waals surface area contributed by atoms with E-state index in [0.29, 0.717) is 16.4 Å². The van der Waals surface area contributed by atoms with Crippen LogP contribution in [0.5, 0.6) is 0 Å². The first-order valence-electron chi connectivity index (χ1n) is 7.16. The van der Waals surface area contributed by atoms with Crippen molar-refractivity contribution in [2.45, 2.75) is 13.8 Å². The van der Waals surface area contributed by atoms with Crippen molar-refractivity contribution in [1.29, 1.82) is 0 Å². The Kier molecular flexibility index (Phi) is 5.28. The summed E-state index contributed by atoms with van der Waals surface area (Å²) in [6, 6.07) is 13.2. The number of benzene rings is 2. The summed E-state index contributed by atoms with van der Waals surface area (Å²) in [5, 5.41) is 3.32. The molecule has 4 nitrogen and oxygen atoms in total. The predicted octanol–water partition coefficient (Wildman–Crippen LogP) is 3.70. The molecule has 5 heteroatoms. The molecule has 1 amide bonds. The van der Waals surface area contributed by atoms with Gasteiger partial charge in [0.15, 0.2) is 0 Å². The first kappa shape index (κ1) is 16.2. The van der Waals surface area contributed by atoms with Crippen LogP contribution in [0.3, 0.4) is 0 Å². The van der Waals surface area contributed by atoms with E-state index in [1.807, 2.05) is 36.9 Å². The maximum Gasteiger partial charge on any atom is 0.243 e. The van der Waals surface area contributed by atoms with Crippen molar-refractivity contribution in [2.24, 2.45) is 0 Å². The van der Waals surface area contributed by atoms with Crippen LogP contribution in [0.1, 0.15) is 12.5 Å². The highest BCUT2D eigenvalue weighted by Gasteiger charge is 2.11. The summed E-state index contributed by atoms with van der Waals surface area (Å²) in [5.74, 6) is -0.0925. The zero-order chi connectivity index (χ0) is 16.1. The molecule has 0 aliphatic rings. The maximum atomic E-state index is 12.2. The molecule has 22 heavy (non-hydrogen) atoms. The number of rotatable bonds is 5. The molecule has 0 atom stereocenters. The number of nitrogens with two attached hydrogens (primary N) is 1. The van der Waals surface area contributed by atoms with Gasteiger partial charge in [0, 0.05) is 17.9 Å². The van der Waals surface area contributed by atoms with Crippen molar-refractivity contribution in [3.05, 3.63) is 53.1 Å². The minimum atomic E-state index is -0.0925. The first-order valence-corrected chi connectivity index (χ1v) is 7.54. The maximum absolute atomic E-state index is 12.2. The Hall–Kier alpha value is -2.20. The third kappa shape index (κ3) is 4.15. The van der Waals surface area contributed by atoms with Gasteiger partial charge in [-0.25, -0.2) is 0 Å². The van der Waals surface area contributed by atoms with E-state index < -0.39 is 0 Å². The molecular formula is C17H20ClN3O. The highest BCUT2D eigenvalue weighted by molar-refractivity contribution is 6.33. The number of nitrogens with zero attached hydrogens (tertiary/aromatic N) is 1. The van der Waals surface area contributed by atoms with Gasteiger partial charge >= 0.3 is 0 Å². The molecule has 0 saturated heterocycles. The Morgan fingerprint density at radius 3 is 2.68 bits per heavy atom. The van der Waals surface area contributed by atoms with Crippen LogP contribution >= 0.6 is 11.6 Å². The highest BCUT2D eigenvalue weighted by Crippen LogP contribution is 2.22. The van der Waals surface area contributed by atoms with Crippen LogP contribution in [0.4, 0.5) is 17.1 Å². The monoisotopic (exact) mass is 317 g/mol. The number of anilines is 3. The third-order valence-corrected chi connectivity index (χ3v) is 3.71. The molecule has 0 spiro atoms. The summed E-state index contributed by atoms with van der Waals surface area (Å²) in [5.41, 5.74) is 9.04. The predicted molar refractivity (Wildman–Crippen MR) is 93.6 cm³/mol. The molecule has 0 aliphatic heterocycles. The van der Waals surface area contributed by atoms with Gasteiger partial charge in [-0.3, -0.25) is 4.79 Å². The number of likely N-dealkylation sites (N-methyl/N-ethyl adjacent to an activating group) is 1. The van der Waals surface area contributed by atoms with Gasteiger partial charge in [0.2, 0.25) is 5.91 Å². The summed E-state index contributed by atoms with van der Waals surface area (Å²) in [6.07, 6.45) is 0. The third-order valence-electron chi connectivity index (χ3n) is 3.36. The van der Waals surface area contributed by atoms with Crippen molar-refractivity contribution in [2.75, 3.05) is 29.0 Å². The van der Waals surface area contributed by atoms with Gasteiger partial charge in [-0.1, -0.05) is 23.7 Å². The molecule has 0 fully saturated rings. The van der Waals surface area contributed by atoms with E-state index in [2.05, 4.69) is 11.4 Å². The van der Waals surface area contributed by atoms with Crippen LogP contribution in [-0.4, -0.2) is 19.0 Å². The average Bonchev–Trinajstić information content (AvgIpc) is 2.48. The van der Waals surface area contributed by atoms with Gasteiger partial charge in [-0.15, -0.1) is 0 Å². The van der Waals surface area contributed by atoms with E-state index in [1.165, 1.54) is 5.56 Å². The first-order chi connectivity index (χ1) is 10.5. The SMILES string of the molecule is CCN(CC(=O)Nc1ccc(Cl)c(N)c1)c1cccc(C)c1. The van der Waals surface area contributed by atoms with Gasteiger partial charge < -0.3 is 16.0 Å². The molecule has 0 heterocycles. The van der Waals surface area contributed by atoms with Crippen LogP contribution < -0.4 is 16.0 Å². The quantitative estimate of drug-likeness (QED) is 0.827. The Balaban J connectivity index is 2.04. The number of aryl methyl sites for hydroxylation is 1. The summed E-state index contributed by atoms with van der Waals surface area (Å²) in [6.45, 7) is 5.09. The van der Waals surface area contributed by atoms with Crippen molar-refractivity contribution in [3.8, 4) is 0 Å². The number of amides is 1. The molecule has 3 N–H and O–H groups in total. The van der Waals surface area contributed by atoms with Crippen LogP contribution in [0.2, 0.25) is 5.02 Å². The van der Waals surface area contributed by atoms with Gasteiger partial charge in [-0.05, 0) is 49.7 Å². The summed E-state index contributed by atoms with van der Waals surface area (Å²) in [4.78, 5) is 14.2. The van der Waals surface area contributed by atoms with Crippen molar-refractivity contribution in [3.63, 3.8) is 0 Å². The minimum absolute atomic E-state index is 0.0925. The van der Waals surface area contributed by atoms with Gasteiger partial charge in [-0.2, -0.15) is 0 Å². The largest absolute Gasteiger partial charge is 0.397 e. The molecule has 0 aromatic heterocycles. The van der Waals surface area contributed by atoms with Crippen LogP contribution in [0.25, 0.3) is 0 Å². The van der Waals surface area contributed by atoms with E-state index >= 15 is 0 Å². The molecule has 2 rings (SSSR count). The molecule has 0 saturated carbocycles. The number of nitrogens with one attached hydrogen (secondary N) is 1. The molecule has 0 bridgehead atoms. The Morgan fingerprint density at radius 2 is 2.05 bits per heavy atom. The second-order valence-electron chi connectivity index (χ2n) is 5.14. The lowest BCUT2D eigenvalue weighted by molar-refractivity contribution is -0.115. The summed E-state index contributed by atoms with van der Waals surface area (Å²) >= 11 is 5.87. The molecular weight excluding hydrogens is 298 g/mol. The lowest BCUT2D eigenvalue weighted by Gasteiger charge is -2.23. The fourth-order valence-electron chi connectivity index (χ4n) is 2.21. The molecule has 2 aromatic carbocycles. The van der Waals surface area contributed by atoms with Crippen LogP contribution in [-0.2, 0) is 4.79 Å². The summed E-state index contributed by atoms with van der Waals surface area (Å²) in [7, 11) is 0. The van der Waals surface area contributed by atoms with Crippen molar-refractivity contribution in [1.82, 2.24) is 0 Å². The standard InChI is InChI=1S/C17H20ClN3O/c1-3-21(14-6-4-5-12(2)9-14)11-17(22)20-13-7-8-15(18)16(19)10-13/h4-10H,3,11,19H2,1-2H3,(H,20,22). The fourth-order valence-corrected chi connectivity index (χ4v) is 2.32. The van der Waals surface area contributed by atoms with E-state index in [0.717, 1.165) is 12.2 Å². The van der Waals surface area contributed by atoms with Crippen molar-refractivity contribution < 1.29 is 4.79 Å². The highest BCUT2D eigenvalue weighted by atomic mass is 35.5. The Morgan fingerprint density at radius 1 is 1.27 bits per heavy atom. The average molecular weight is 318 g/mol. The van der Waals surface area contributed by atoms with Crippen molar-refractivity contribution >= 4 is 34.6 Å². The van der Waals surface area contributed by atoms with Gasteiger partial charge in [0.05, 0.1) is 17.3 Å².